The van der Waals surface area contributed by atoms with Crippen LogP contribution in [0.25, 0.3) is 0 Å². The van der Waals surface area contributed by atoms with E-state index in [-0.39, 0.29) is 5.92 Å². The third kappa shape index (κ3) is 3.07. The molecule has 2 rings (SSSR count). The maximum absolute atomic E-state index is 9.80. The zero-order valence-electron chi connectivity index (χ0n) is 11.5. The van der Waals surface area contributed by atoms with E-state index in [1.54, 1.807) is 0 Å². The average molecular weight is 330 g/mol. The van der Waals surface area contributed by atoms with Crippen molar-refractivity contribution in [3.8, 4) is 0 Å². The van der Waals surface area contributed by atoms with Gasteiger partial charge in [-0.05, 0) is 29.3 Å². The van der Waals surface area contributed by atoms with Gasteiger partial charge in [0.25, 0.3) is 0 Å². The second-order valence-electron chi connectivity index (χ2n) is 5.33. The predicted molar refractivity (Wildman–Crippen MR) is 77.4 cm³/mol. The lowest BCUT2D eigenvalue weighted by Gasteiger charge is -2.35. The first-order valence-electron chi connectivity index (χ1n) is 6.55. The van der Waals surface area contributed by atoms with Crippen molar-refractivity contribution in [1.29, 1.82) is 0 Å². The van der Waals surface area contributed by atoms with E-state index >= 15 is 0 Å². The minimum Gasteiger partial charge on any atom is -0.390 e. The summed E-state index contributed by atoms with van der Waals surface area (Å²) >= 11 is 3.52. The van der Waals surface area contributed by atoms with Gasteiger partial charge in [-0.2, -0.15) is 0 Å². The van der Waals surface area contributed by atoms with E-state index in [9.17, 15) is 10.2 Å². The first-order chi connectivity index (χ1) is 8.90. The fourth-order valence-corrected chi connectivity index (χ4v) is 2.57. The lowest BCUT2D eigenvalue weighted by atomic mass is 10.1. The summed E-state index contributed by atoms with van der Waals surface area (Å²) in [5.41, 5.74) is 0.898. The molecule has 19 heavy (non-hydrogen) atoms. The van der Waals surface area contributed by atoms with E-state index in [2.05, 4.69) is 39.7 Å². The molecule has 106 valence electrons. The molecule has 6 heteroatoms. The van der Waals surface area contributed by atoms with E-state index in [0.717, 1.165) is 21.8 Å². The number of aliphatic hydroxyl groups excluding tert-OH is 2. The van der Waals surface area contributed by atoms with Crippen LogP contribution in [0.2, 0.25) is 0 Å². The van der Waals surface area contributed by atoms with E-state index in [4.69, 9.17) is 0 Å². The predicted octanol–water partition coefficient (Wildman–Crippen LogP) is 1.60. The molecule has 0 bridgehead atoms. The summed E-state index contributed by atoms with van der Waals surface area (Å²) in [6.45, 7) is 7.14. The number of aliphatic hydroxyl groups is 2. The molecule has 0 unspecified atom stereocenters. The van der Waals surface area contributed by atoms with Crippen LogP contribution in [0.3, 0.4) is 0 Å². The van der Waals surface area contributed by atoms with Crippen LogP contribution in [-0.2, 0) is 0 Å². The van der Waals surface area contributed by atoms with Crippen molar-refractivity contribution in [3.63, 3.8) is 0 Å². The van der Waals surface area contributed by atoms with Crippen LogP contribution < -0.4 is 4.90 Å². The summed E-state index contributed by atoms with van der Waals surface area (Å²) < 4.78 is 0.862. The summed E-state index contributed by atoms with van der Waals surface area (Å²) in [4.78, 5) is 11.1. The van der Waals surface area contributed by atoms with Crippen molar-refractivity contribution in [1.82, 2.24) is 9.97 Å². The van der Waals surface area contributed by atoms with Crippen molar-refractivity contribution in [2.75, 3.05) is 18.0 Å². The van der Waals surface area contributed by atoms with Crippen LogP contribution in [0.1, 0.15) is 37.7 Å². The largest absolute Gasteiger partial charge is 0.390 e. The van der Waals surface area contributed by atoms with Gasteiger partial charge in [-0.25, -0.2) is 9.97 Å². The highest BCUT2D eigenvalue weighted by Crippen LogP contribution is 2.30. The first-order valence-corrected chi connectivity index (χ1v) is 7.34. The Morgan fingerprint density at radius 1 is 1.26 bits per heavy atom. The first kappa shape index (κ1) is 14.7. The average Bonchev–Trinajstić information content (AvgIpc) is 2.35. The quantitative estimate of drug-likeness (QED) is 0.862. The molecule has 0 spiro atoms. The van der Waals surface area contributed by atoms with Crippen LogP contribution in [0.15, 0.2) is 4.47 Å². The van der Waals surface area contributed by atoms with E-state index in [0.29, 0.717) is 19.5 Å². The molecule has 2 heterocycles. The summed E-state index contributed by atoms with van der Waals surface area (Å²) in [5, 5.41) is 19.4. The molecule has 0 radical (unpaired) electrons. The van der Waals surface area contributed by atoms with Crippen molar-refractivity contribution < 1.29 is 10.2 Å². The molecule has 5 nitrogen and oxygen atoms in total. The minimum atomic E-state index is -0.724. The van der Waals surface area contributed by atoms with Crippen LogP contribution in [-0.4, -0.2) is 45.5 Å². The van der Waals surface area contributed by atoms with E-state index < -0.39 is 12.2 Å². The van der Waals surface area contributed by atoms with Gasteiger partial charge in [0.1, 0.15) is 11.6 Å². The summed E-state index contributed by atoms with van der Waals surface area (Å²) in [6.07, 6.45) is -0.811. The number of halogens is 1. The van der Waals surface area contributed by atoms with Crippen molar-refractivity contribution >= 4 is 21.7 Å². The highest BCUT2D eigenvalue weighted by Gasteiger charge is 2.28. The van der Waals surface area contributed by atoms with E-state index in [1.165, 1.54) is 0 Å². The number of β-amino-alcohol motifs (C(OH)–C–C–N with tert-alkyl or cyclic N) is 1. The Bertz CT molecular complexity index is 467. The summed E-state index contributed by atoms with van der Waals surface area (Å²) in [5.74, 6) is 1.87. The maximum Gasteiger partial charge on any atom is 0.147 e. The molecule has 1 aromatic heterocycles. The van der Waals surface area contributed by atoms with Crippen LogP contribution in [0.4, 0.5) is 5.82 Å². The Balaban J connectivity index is 2.33. The summed E-state index contributed by atoms with van der Waals surface area (Å²) in [6, 6.07) is 0. The number of hydrogen-bond donors (Lipinski definition) is 2. The molecule has 1 saturated heterocycles. The molecule has 0 aliphatic carbocycles. The molecular weight excluding hydrogens is 310 g/mol. The van der Waals surface area contributed by atoms with Crippen LogP contribution >= 0.6 is 15.9 Å². The molecule has 0 aromatic carbocycles. The number of rotatable bonds is 2. The molecule has 1 aliphatic heterocycles. The molecule has 0 saturated carbocycles. The standard InChI is InChI=1S/C13H20BrN3O2/c1-7(2)12-15-8(3)11(14)13(16-12)17-5-4-9(18)10(19)6-17/h7,9-10,18-19H,4-6H2,1-3H3/t9-,10+/m1/s1. The van der Waals surface area contributed by atoms with E-state index in [1.807, 2.05) is 11.8 Å². The zero-order chi connectivity index (χ0) is 14.2. The monoisotopic (exact) mass is 329 g/mol. The second kappa shape index (κ2) is 5.73. The molecule has 1 aromatic rings. The van der Waals surface area contributed by atoms with Crippen LogP contribution in [0, 0.1) is 6.92 Å². The number of aromatic nitrogens is 2. The van der Waals surface area contributed by atoms with Gasteiger partial charge >= 0.3 is 0 Å². The second-order valence-corrected chi connectivity index (χ2v) is 6.12. The van der Waals surface area contributed by atoms with Crippen molar-refractivity contribution in [2.45, 2.75) is 45.3 Å². The van der Waals surface area contributed by atoms with Gasteiger partial charge in [0.05, 0.1) is 22.4 Å². The Hall–Kier alpha value is -0.720. The fourth-order valence-electron chi connectivity index (χ4n) is 2.14. The Kier molecular flexibility index (Phi) is 4.43. The SMILES string of the molecule is Cc1nc(C(C)C)nc(N2CC[C@@H](O)[C@@H](O)C2)c1Br. The number of nitrogens with zero attached hydrogens (tertiary/aromatic N) is 3. The third-order valence-corrected chi connectivity index (χ3v) is 4.31. The zero-order valence-corrected chi connectivity index (χ0v) is 13.1. The molecule has 2 N–H and O–H groups in total. The lowest BCUT2D eigenvalue weighted by Crippen LogP contribution is -2.47. The fraction of sp³-hybridized carbons (Fsp3) is 0.692. The Morgan fingerprint density at radius 3 is 2.53 bits per heavy atom. The number of anilines is 1. The minimum absolute atomic E-state index is 0.255. The Morgan fingerprint density at radius 2 is 1.95 bits per heavy atom. The van der Waals surface area contributed by atoms with Gasteiger partial charge in [-0.15, -0.1) is 0 Å². The lowest BCUT2D eigenvalue weighted by molar-refractivity contribution is 0.00781. The number of hydrogen-bond acceptors (Lipinski definition) is 5. The topological polar surface area (TPSA) is 69.5 Å². The van der Waals surface area contributed by atoms with Gasteiger partial charge in [0.15, 0.2) is 0 Å². The van der Waals surface area contributed by atoms with Gasteiger partial charge in [0, 0.05) is 19.0 Å². The van der Waals surface area contributed by atoms with Crippen molar-refractivity contribution in [3.05, 3.63) is 16.0 Å². The molecular formula is C13H20BrN3O2. The van der Waals surface area contributed by atoms with Gasteiger partial charge in [-0.3, -0.25) is 0 Å². The molecule has 1 fully saturated rings. The molecule has 1 aliphatic rings. The maximum atomic E-state index is 9.80. The number of aryl methyl sites for hydroxylation is 1. The normalized spacial score (nSPS) is 24.1. The highest BCUT2D eigenvalue weighted by molar-refractivity contribution is 9.10. The summed E-state index contributed by atoms with van der Waals surface area (Å²) in [7, 11) is 0. The van der Waals surface area contributed by atoms with Crippen molar-refractivity contribution in [2.24, 2.45) is 0 Å². The Labute approximate surface area is 121 Å². The molecule has 2 atom stereocenters. The smallest absolute Gasteiger partial charge is 0.147 e. The third-order valence-electron chi connectivity index (χ3n) is 3.38. The highest BCUT2D eigenvalue weighted by atomic mass is 79.9. The van der Waals surface area contributed by atoms with Gasteiger partial charge in [-0.1, -0.05) is 13.8 Å². The van der Waals surface area contributed by atoms with Gasteiger partial charge < -0.3 is 15.1 Å². The van der Waals surface area contributed by atoms with Crippen LogP contribution in [0.5, 0.6) is 0 Å². The number of piperidine rings is 1. The molecule has 0 amide bonds. The van der Waals surface area contributed by atoms with Gasteiger partial charge in [0.2, 0.25) is 0 Å².